The first kappa shape index (κ1) is 11.4. The summed E-state index contributed by atoms with van der Waals surface area (Å²) in [5.41, 5.74) is 1.86. The second-order valence-electron chi connectivity index (χ2n) is 3.33. The van der Waals surface area contributed by atoms with E-state index in [9.17, 15) is 0 Å². The molecular weight excluding hydrogens is 182 g/mol. The predicted octanol–water partition coefficient (Wildman–Crippen LogP) is 3.97. The predicted molar refractivity (Wildman–Crippen MR) is 67.3 cm³/mol. The van der Waals surface area contributed by atoms with Gasteiger partial charge in [0.25, 0.3) is 0 Å². The molecule has 0 heterocycles. The first-order chi connectivity index (χ1) is 7.33. The average molecular weight is 199 g/mol. The maximum Gasteiger partial charge on any atom is 0.0536 e. The van der Waals surface area contributed by atoms with E-state index in [-0.39, 0.29) is 0 Å². The van der Waals surface area contributed by atoms with Crippen LogP contribution in [-0.4, -0.2) is 5.71 Å². The van der Waals surface area contributed by atoms with E-state index in [0.29, 0.717) is 5.71 Å². The van der Waals surface area contributed by atoms with Gasteiger partial charge in [-0.3, -0.25) is 0 Å². The molecule has 0 unspecified atom stereocenters. The van der Waals surface area contributed by atoms with Crippen molar-refractivity contribution in [1.29, 1.82) is 5.41 Å². The van der Waals surface area contributed by atoms with Gasteiger partial charge in [-0.25, -0.2) is 0 Å². The Kier molecular flexibility index (Phi) is 5.16. The molecule has 0 aliphatic heterocycles. The molecule has 0 aromatic rings. The summed E-state index contributed by atoms with van der Waals surface area (Å²) >= 11 is 0. The summed E-state index contributed by atoms with van der Waals surface area (Å²) in [6.45, 7) is 2.15. The standard InChI is InChI=1S/C14H17N/c1-2-13-9-5-3-7-11-14(15)12-8-4-6-10-13/h3,5-12,15H,2,4H2,1H3/b5-3-,10-6?,11-7-,12-8-,13-9-,15-14?. The van der Waals surface area contributed by atoms with Gasteiger partial charge in [-0.2, -0.15) is 0 Å². The Balaban J connectivity index is 2.82. The lowest BCUT2D eigenvalue weighted by molar-refractivity contribution is 1.14. The molecule has 0 amide bonds. The van der Waals surface area contributed by atoms with Gasteiger partial charge >= 0.3 is 0 Å². The van der Waals surface area contributed by atoms with Gasteiger partial charge < -0.3 is 5.41 Å². The highest BCUT2D eigenvalue weighted by molar-refractivity contribution is 6.01. The maximum absolute atomic E-state index is 7.55. The fourth-order valence-electron chi connectivity index (χ4n) is 1.24. The van der Waals surface area contributed by atoms with E-state index in [2.05, 4.69) is 25.2 Å². The third kappa shape index (κ3) is 4.96. The Morgan fingerprint density at radius 3 is 2.67 bits per heavy atom. The van der Waals surface area contributed by atoms with Crippen molar-refractivity contribution in [3.05, 3.63) is 60.3 Å². The Bertz CT molecular complexity index is 352. The van der Waals surface area contributed by atoms with Crippen LogP contribution in [0.2, 0.25) is 0 Å². The Morgan fingerprint density at radius 2 is 1.87 bits per heavy atom. The third-order valence-corrected chi connectivity index (χ3v) is 2.12. The lowest BCUT2D eigenvalue weighted by Crippen LogP contribution is -1.82. The zero-order valence-electron chi connectivity index (χ0n) is 9.11. The highest BCUT2D eigenvalue weighted by atomic mass is 14.4. The van der Waals surface area contributed by atoms with E-state index in [4.69, 9.17) is 5.41 Å². The van der Waals surface area contributed by atoms with Crippen molar-refractivity contribution in [2.24, 2.45) is 0 Å². The van der Waals surface area contributed by atoms with Gasteiger partial charge in [0.05, 0.1) is 5.71 Å². The van der Waals surface area contributed by atoms with Crippen molar-refractivity contribution < 1.29 is 0 Å². The van der Waals surface area contributed by atoms with Crippen LogP contribution in [0, 0.1) is 5.41 Å². The van der Waals surface area contributed by atoms with Gasteiger partial charge in [0.15, 0.2) is 0 Å². The largest absolute Gasteiger partial charge is 0.301 e. The summed E-state index contributed by atoms with van der Waals surface area (Å²) in [4.78, 5) is 0. The summed E-state index contributed by atoms with van der Waals surface area (Å²) in [6.07, 6.45) is 19.8. The lowest BCUT2D eigenvalue weighted by Gasteiger charge is -1.94. The van der Waals surface area contributed by atoms with Crippen molar-refractivity contribution in [3.8, 4) is 0 Å². The van der Waals surface area contributed by atoms with Crippen LogP contribution in [0.5, 0.6) is 0 Å². The molecule has 0 aromatic carbocycles. The molecule has 0 aromatic heterocycles. The van der Waals surface area contributed by atoms with E-state index in [1.807, 2.05) is 30.4 Å². The first-order valence-electron chi connectivity index (χ1n) is 5.28. The van der Waals surface area contributed by atoms with Gasteiger partial charge in [0.1, 0.15) is 0 Å². The molecule has 78 valence electrons. The van der Waals surface area contributed by atoms with E-state index in [0.717, 1.165) is 12.8 Å². The van der Waals surface area contributed by atoms with Crippen LogP contribution >= 0.6 is 0 Å². The average Bonchev–Trinajstić information content (AvgIpc) is 2.23. The fourth-order valence-corrected chi connectivity index (χ4v) is 1.24. The second kappa shape index (κ2) is 6.77. The minimum atomic E-state index is 0.535. The van der Waals surface area contributed by atoms with Crippen LogP contribution in [-0.2, 0) is 0 Å². The second-order valence-corrected chi connectivity index (χ2v) is 3.33. The minimum absolute atomic E-state index is 0.535. The monoisotopic (exact) mass is 199 g/mol. The SMILES string of the molecule is CC/C1=C/C=C\C=C/C(=N)/C=C\CC=C1. The summed E-state index contributed by atoms with van der Waals surface area (Å²) in [6, 6.07) is 0. The molecule has 1 rings (SSSR count). The van der Waals surface area contributed by atoms with Gasteiger partial charge in [0.2, 0.25) is 0 Å². The Hall–Kier alpha value is -1.63. The fraction of sp³-hybridized carbons (Fsp3) is 0.214. The minimum Gasteiger partial charge on any atom is -0.301 e. The van der Waals surface area contributed by atoms with Crippen molar-refractivity contribution >= 4 is 5.71 Å². The Labute approximate surface area is 91.7 Å². The number of nitrogens with one attached hydrogen (secondary N) is 1. The number of allylic oxidation sites excluding steroid dienone is 10. The van der Waals surface area contributed by atoms with Crippen molar-refractivity contribution in [3.63, 3.8) is 0 Å². The van der Waals surface area contributed by atoms with Gasteiger partial charge in [-0.15, -0.1) is 0 Å². The normalized spacial score (nSPS) is 27.0. The van der Waals surface area contributed by atoms with Crippen LogP contribution in [0.1, 0.15) is 19.8 Å². The van der Waals surface area contributed by atoms with Crippen molar-refractivity contribution in [2.45, 2.75) is 19.8 Å². The molecule has 1 aliphatic rings. The lowest BCUT2D eigenvalue weighted by atomic mass is 10.1. The molecule has 0 bridgehead atoms. The highest BCUT2D eigenvalue weighted by Gasteiger charge is 1.86. The maximum atomic E-state index is 7.55. The highest BCUT2D eigenvalue weighted by Crippen LogP contribution is 2.04. The van der Waals surface area contributed by atoms with E-state index in [1.165, 1.54) is 5.57 Å². The smallest absolute Gasteiger partial charge is 0.0536 e. The Morgan fingerprint density at radius 1 is 1.07 bits per heavy atom. The van der Waals surface area contributed by atoms with Crippen LogP contribution in [0.25, 0.3) is 0 Å². The zero-order valence-corrected chi connectivity index (χ0v) is 9.11. The van der Waals surface area contributed by atoms with Crippen LogP contribution in [0.4, 0.5) is 0 Å². The molecule has 0 saturated carbocycles. The third-order valence-electron chi connectivity index (χ3n) is 2.12. The van der Waals surface area contributed by atoms with Gasteiger partial charge in [-0.05, 0) is 30.6 Å². The molecule has 15 heavy (non-hydrogen) atoms. The zero-order chi connectivity index (χ0) is 10.9. The molecule has 1 aliphatic carbocycles. The molecule has 1 N–H and O–H groups in total. The molecule has 0 spiro atoms. The van der Waals surface area contributed by atoms with Crippen molar-refractivity contribution in [2.75, 3.05) is 0 Å². The van der Waals surface area contributed by atoms with Crippen LogP contribution < -0.4 is 0 Å². The summed E-state index contributed by atoms with van der Waals surface area (Å²) < 4.78 is 0. The summed E-state index contributed by atoms with van der Waals surface area (Å²) in [5.74, 6) is 0. The van der Waals surface area contributed by atoms with Gasteiger partial charge in [-0.1, -0.05) is 49.5 Å². The molecule has 1 heteroatoms. The topological polar surface area (TPSA) is 23.9 Å². The summed E-state index contributed by atoms with van der Waals surface area (Å²) in [5, 5.41) is 7.55. The van der Waals surface area contributed by atoms with E-state index >= 15 is 0 Å². The van der Waals surface area contributed by atoms with Crippen molar-refractivity contribution in [1.82, 2.24) is 0 Å². The molecule has 0 saturated heterocycles. The van der Waals surface area contributed by atoms with Crippen LogP contribution in [0.3, 0.4) is 0 Å². The molecular formula is C14H17N. The molecule has 0 radical (unpaired) electrons. The summed E-state index contributed by atoms with van der Waals surface area (Å²) in [7, 11) is 0. The number of hydrogen-bond donors (Lipinski definition) is 1. The van der Waals surface area contributed by atoms with Gasteiger partial charge in [0, 0.05) is 0 Å². The van der Waals surface area contributed by atoms with E-state index < -0.39 is 0 Å². The first-order valence-corrected chi connectivity index (χ1v) is 5.28. The number of rotatable bonds is 1. The molecule has 0 fully saturated rings. The quantitative estimate of drug-likeness (QED) is 0.660. The van der Waals surface area contributed by atoms with E-state index in [1.54, 1.807) is 6.08 Å². The number of hydrogen-bond acceptors (Lipinski definition) is 1. The molecule has 1 nitrogen and oxygen atoms in total. The van der Waals surface area contributed by atoms with Crippen LogP contribution in [0.15, 0.2) is 60.3 Å². The molecule has 0 atom stereocenters.